The summed E-state index contributed by atoms with van der Waals surface area (Å²) in [6.07, 6.45) is 2.05. The van der Waals surface area contributed by atoms with E-state index in [2.05, 4.69) is 16.0 Å². The van der Waals surface area contributed by atoms with Crippen LogP contribution >= 0.6 is 0 Å². The Hall–Kier alpha value is -2.09. The number of hydrogen-bond donors (Lipinski definition) is 3. The van der Waals surface area contributed by atoms with Gasteiger partial charge in [0.25, 0.3) is 0 Å². The number of carbonyl (C=O) groups excluding carboxylic acids is 2. The van der Waals surface area contributed by atoms with Crippen LogP contribution in [0.5, 0.6) is 0 Å². The van der Waals surface area contributed by atoms with Crippen molar-refractivity contribution in [1.82, 2.24) is 10.6 Å². The van der Waals surface area contributed by atoms with Crippen LogP contribution in [0.25, 0.3) is 0 Å². The molecule has 0 unspecified atom stereocenters. The second-order valence-electron chi connectivity index (χ2n) is 6.78. The Labute approximate surface area is 147 Å². The first kappa shape index (κ1) is 17.7. The van der Waals surface area contributed by atoms with Gasteiger partial charge in [0.15, 0.2) is 9.84 Å². The van der Waals surface area contributed by atoms with E-state index in [1.165, 1.54) is 0 Å². The Kier molecular flexibility index (Phi) is 4.99. The van der Waals surface area contributed by atoms with Crippen LogP contribution in [0.15, 0.2) is 24.3 Å². The number of benzene rings is 1. The summed E-state index contributed by atoms with van der Waals surface area (Å²) in [5.41, 5.74) is 1.84. The van der Waals surface area contributed by atoms with Gasteiger partial charge < -0.3 is 16.0 Å². The minimum Gasteiger partial charge on any atom is -0.332 e. The van der Waals surface area contributed by atoms with Crippen LogP contribution in [-0.4, -0.2) is 43.4 Å². The zero-order chi connectivity index (χ0) is 18.0. The van der Waals surface area contributed by atoms with Gasteiger partial charge in [-0.15, -0.1) is 0 Å². The fourth-order valence-corrected chi connectivity index (χ4v) is 5.85. The van der Waals surface area contributed by atoms with Crippen molar-refractivity contribution >= 4 is 27.5 Å². The van der Waals surface area contributed by atoms with E-state index in [4.69, 9.17) is 0 Å². The second-order valence-corrected chi connectivity index (χ2v) is 9.05. The van der Waals surface area contributed by atoms with E-state index in [1.807, 2.05) is 31.2 Å². The molecule has 2 heterocycles. The van der Waals surface area contributed by atoms with Crippen molar-refractivity contribution in [3.05, 3.63) is 29.8 Å². The molecule has 3 rings (SSSR count). The lowest BCUT2D eigenvalue weighted by molar-refractivity contribution is -0.116. The molecule has 0 aliphatic carbocycles. The SMILES string of the molecule is Cc1cccc(NC(=O)CCCC[C@@H]2[C@@H]3NC(=O)N[C@@H]3CS2(=O)=O)c1. The average molecular weight is 365 g/mol. The molecule has 1 aromatic rings. The molecule has 2 saturated heterocycles. The lowest BCUT2D eigenvalue weighted by Gasteiger charge is -2.16. The molecule has 0 spiro atoms. The number of anilines is 1. The Bertz CT molecular complexity index is 778. The van der Waals surface area contributed by atoms with Crippen molar-refractivity contribution < 1.29 is 18.0 Å². The number of urea groups is 1. The van der Waals surface area contributed by atoms with Gasteiger partial charge >= 0.3 is 6.03 Å². The van der Waals surface area contributed by atoms with Crippen molar-refractivity contribution in [3.8, 4) is 0 Å². The first-order valence-corrected chi connectivity index (χ1v) is 10.2. The normalized spacial score (nSPS) is 26.6. The maximum atomic E-state index is 12.2. The molecular formula is C17H23N3O4S. The van der Waals surface area contributed by atoms with E-state index in [9.17, 15) is 18.0 Å². The minimum atomic E-state index is -3.20. The van der Waals surface area contributed by atoms with Gasteiger partial charge in [-0.2, -0.15) is 0 Å². The van der Waals surface area contributed by atoms with Gasteiger partial charge in [-0.05, 0) is 37.5 Å². The number of fused-ring (bicyclic) bond motifs is 1. The number of nitrogens with one attached hydrogen (secondary N) is 3. The molecule has 25 heavy (non-hydrogen) atoms. The molecule has 2 fully saturated rings. The van der Waals surface area contributed by atoms with Gasteiger partial charge in [-0.25, -0.2) is 13.2 Å². The van der Waals surface area contributed by atoms with Crippen LogP contribution in [-0.2, 0) is 14.6 Å². The van der Waals surface area contributed by atoms with Gasteiger partial charge in [0.1, 0.15) is 0 Å². The molecule has 0 aromatic heterocycles. The Morgan fingerprint density at radius 2 is 2.08 bits per heavy atom. The van der Waals surface area contributed by atoms with E-state index in [0.717, 1.165) is 11.3 Å². The van der Waals surface area contributed by atoms with Crippen molar-refractivity contribution in [2.24, 2.45) is 0 Å². The fraction of sp³-hybridized carbons (Fsp3) is 0.529. The van der Waals surface area contributed by atoms with Crippen molar-refractivity contribution in [3.63, 3.8) is 0 Å². The zero-order valence-electron chi connectivity index (χ0n) is 14.1. The highest BCUT2D eigenvalue weighted by Gasteiger charge is 2.51. The number of rotatable bonds is 6. The average Bonchev–Trinajstić information content (AvgIpc) is 2.96. The molecule has 3 amide bonds. The molecule has 1 aromatic carbocycles. The van der Waals surface area contributed by atoms with Crippen LogP contribution in [0.3, 0.4) is 0 Å². The summed E-state index contributed by atoms with van der Waals surface area (Å²) in [6, 6.07) is 6.61. The number of hydrogen-bond acceptors (Lipinski definition) is 4. The topological polar surface area (TPSA) is 104 Å². The third-order valence-corrected chi connectivity index (χ3v) is 7.04. The minimum absolute atomic E-state index is 0.00504. The molecule has 8 heteroatoms. The van der Waals surface area contributed by atoms with Gasteiger partial charge in [-0.3, -0.25) is 4.79 Å². The fourth-order valence-electron chi connectivity index (χ4n) is 3.58. The van der Waals surface area contributed by atoms with Crippen LogP contribution in [0, 0.1) is 6.92 Å². The van der Waals surface area contributed by atoms with E-state index >= 15 is 0 Å². The quantitative estimate of drug-likeness (QED) is 0.523. The van der Waals surface area contributed by atoms with Gasteiger partial charge in [0, 0.05) is 12.1 Å². The summed E-state index contributed by atoms with van der Waals surface area (Å²) in [5.74, 6) is -0.0804. The molecule has 3 atom stereocenters. The maximum Gasteiger partial charge on any atom is 0.315 e. The van der Waals surface area contributed by atoms with Crippen molar-refractivity contribution in [2.45, 2.75) is 49.9 Å². The Morgan fingerprint density at radius 3 is 2.84 bits per heavy atom. The largest absolute Gasteiger partial charge is 0.332 e. The van der Waals surface area contributed by atoms with Crippen LogP contribution in [0.4, 0.5) is 10.5 Å². The molecule has 2 aliphatic rings. The number of amides is 3. The monoisotopic (exact) mass is 365 g/mol. The summed E-state index contributed by atoms with van der Waals surface area (Å²) in [6.45, 7) is 1.96. The highest BCUT2D eigenvalue weighted by atomic mass is 32.2. The zero-order valence-corrected chi connectivity index (χ0v) is 14.9. The summed E-state index contributed by atoms with van der Waals surface area (Å²) in [7, 11) is -3.20. The maximum absolute atomic E-state index is 12.2. The predicted molar refractivity (Wildman–Crippen MR) is 95.1 cm³/mol. The van der Waals surface area contributed by atoms with Crippen LogP contribution < -0.4 is 16.0 Å². The highest BCUT2D eigenvalue weighted by molar-refractivity contribution is 7.92. The molecule has 0 radical (unpaired) electrons. The molecule has 7 nitrogen and oxygen atoms in total. The summed E-state index contributed by atoms with van der Waals surface area (Å²) in [5, 5.41) is 7.64. The van der Waals surface area contributed by atoms with E-state index in [-0.39, 0.29) is 29.8 Å². The molecular weight excluding hydrogens is 342 g/mol. The Morgan fingerprint density at radius 1 is 1.28 bits per heavy atom. The van der Waals surface area contributed by atoms with Crippen molar-refractivity contribution in [1.29, 1.82) is 0 Å². The summed E-state index contributed by atoms with van der Waals surface area (Å²) < 4.78 is 24.4. The number of aryl methyl sites for hydroxylation is 1. The molecule has 2 aliphatic heterocycles. The first-order valence-electron chi connectivity index (χ1n) is 8.50. The van der Waals surface area contributed by atoms with Crippen LogP contribution in [0.2, 0.25) is 0 Å². The smallest absolute Gasteiger partial charge is 0.315 e. The van der Waals surface area contributed by atoms with Gasteiger partial charge in [0.2, 0.25) is 5.91 Å². The number of unbranched alkanes of at least 4 members (excludes halogenated alkanes) is 1. The van der Waals surface area contributed by atoms with Crippen LogP contribution in [0.1, 0.15) is 31.2 Å². The predicted octanol–water partition coefficient (Wildman–Crippen LogP) is 1.34. The lowest BCUT2D eigenvalue weighted by Crippen LogP contribution is -2.39. The molecule has 0 bridgehead atoms. The van der Waals surface area contributed by atoms with E-state index in [0.29, 0.717) is 25.7 Å². The molecule has 3 N–H and O–H groups in total. The third-order valence-electron chi connectivity index (χ3n) is 4.77. The van der Waals surface area contributed by atoms with Crippen molar-refractivity contribution in [2.75, 3.05) is 11.1 Å². The van der Waals surface area contributed by atoms with E-state index < -0.39 is 15.1 Å². The van der Waals surface area contributed by atoms with Gasteiger partial charge in [0.05, 0.1) is 23.1 Å². The molecule has 0 saturated carbocycles. The highest BCUT2D eigenvalue weighted by Crippen LogP contribution is 2.28. The molecule has 136 valence electrons. The first-order chi connectivity index (χ1) is 11.8. The second kappa shape index (κ2) is 7.03. The number of carbonyl (C=O) groups is 2. The standard InChI is InChI=1S/C17H23N3O4S/c1-11-5-4-6-12(9-11)18-15(21)8-3-2-7-14-16-13(10-25(14,23)24)19-17(22)20-16/h4-6,9,13-14,16H,2-3,7-8,10H2,1H3,(H,18,21)(H2,19,20,22)/t13-,14-,16-/m1/s1. The Balaban J connectivity index is 1.45. The van der Waals surface area contributed by atoms with Gasteiger partial charge in [-0.1, -0.05) is 18.6 Å². The summed E-state index contributed by atoms with van der Waals surface area (Å²) >= 11 is 0. The van der Waals surface area contributed by atoms with E-state index in [1.54, 1.807) is 0 Å². The lowest BCUT2D eigenvalue weighted by atomic mass is 10.0. The summed E-state index contributed by atoms with van der Waals surface area (Å²) in [4.78, 5) is 23.3. The third kappa shape index (κ3) is 4.12. The number of sulfone groups is 1.